The lowest BCUT2D eigenvalue weighted by Crippen LogP contribution is -1.99. The Labute approximate surface area is 301 Å². The molecule has 0 unspecified atom stereocenters. The fourth-order valence-electron chi connectivity index (χ4n) is 7.07. The van der Waals surface area contributed by atoms with Crippen LogP contribution in [0.3, 0.4) is 0 Å². The summed E-state index contributed by atoms with van der Waals surface area (Å²) in [6, 6.07) is 53.3. The molecular formula is C47H33N3S. The third kappa shape index (κ3) is 5.56. The van der Waals surface area contributed by atoms with Gasteiger partial charge in [0.15, 0.2) is 5.82 Å². The Morgan fingerprint density at radius 3 is 2.20 bits per heavy atom. The van der Waals surface area contributed by atoms with Crippen LogP contribution in [0.5, 0.6) is 0 Å². The standard InChI is InChI=1S/C47H33N3S/c1-31(38-18-11-19-41-40-17-7-9-21-45(40)51-46(38)41)22-27-43-32(2)39-16-6-8-20-44(39)50(43)37-15-10-14-36(30-37)47-48-29-28-42(49-47)35-25-23-34(24-26-35)33-12-4-3-5-13-33/h3-30H,1H2,2H3/b27-22-. The van der Waals surface area contributed by atoms with E-state index in [1.807, 2.05) is 29.7 Å². The van der Waals surface area contributed by atoms with E-state index in [4.69, 9.17) is 9.97 Å². The van der Waals surface area contributed by atoms with Gasteiger partial charge in [-0.15, -0.1) is 11.3 Å². The van der Waals surface area contributed by atoms with Crippen molar-refractivity contribution in [3.63, 3.8) is 0 Å². The summed E-state index contributed by atoms with van der Waals surface area (Å²) in [6.07, 6.45) is 6.23. The molecule has 4 heteroatoms. The molecule has 0 aliphatic heterocycles. The van der Waals surface area contributed by atoms with Crippen molar-refractivity contribution >= 4 is 54.1 Å². The number of fused-ring (bicyclic) bond motifs is 4. The van der Waals surface area contributed by atoms with E-state index in [0.717, 1.165) is 39.3 Å². The van der Waals surface area contributed by atoms with E-state index in [1.54, 1.807) is 0 Å². The highest BCUT2D eigenvalue weighted by molar-refractivity contribution is 7.26. The summed E-state index contributed by atoms with van der Waals surface area (Å²) in [7, 11) is 0. The lowest BCUT2D eigenvalue weighted by Gasteiger charge is -2.12. The van der Waals surface area contributed by atoms with Crippen LogP contribution in [-0.4, -0.2) is 14.5 Å². The number of rotatable bonds is 7. The Kier molecular flexibility index (Phi) is 7.72. The Bertz CT molecular complexity index is 2770. The lowest BCUT2D eigenvalue weighted by atomic mass is 10.0. The van der Waals surface area contributed by atoms with Crippen molar-refractivity contribution in [1.82, 2.24) is 14.5 Å². The summed E-state index contributed by atoms with van der Waals surface area (Å²) >= 11 is 1.83. The number of para-hydroxylation sites is 1. The first kappa shape index (κ1) is 30.7. The van der Waals surface area contributed by atoms with Crippen LogP contribution in [0, 0.1) is 6.92 Å². The largest absolute Gasteiger partial charge is 0.310 e. The predicted molar refractivity (Wildman–Crippen MR) is 217 cm³/mol. The summed E-state index contributed by atoms with van der Waals surface area (Å²) in [5.74, 6) is 0.691. The molecule has 51 heavy (non-hydrogen) atoms. The molecule has 242 valence electrons. The minimum Gasteiger partial charge on any atom is -0.310 e. The fraction of sp³-hybridized carbons (Fsp3) is 0.0213. The average Bonchev–Trinajstić information content (AvgIpc) is 3.72. The normalized spacial score (nSPS) is 11.6. The third-order valence-corrected chi connectivity index (χ3v) is 10.9. The van der Waals surface area contributed by atoms with Crippen molar-refractivity contribution in [3.05, 3.63) is 187 Å². The SMILES string of the molecule is C=C(/C=C\c1c(C)c2ccccc2n1-c1cccc(-c2nccc(-c3ccc(-c4ccccc4)cc3)n2)c1)c1cccc2c1sc1ccccc12. The minimum atomic E-state index is 0.691. The molecule has 0 N–H and O–H groups in total. The highest BCUT2D eigenvalue weighted by atomic mass is 32.1. The quantitative estimate of drug-likeness (QED) is 0.158. The molecule has 0 fully saturated rings. The van der Waals surface area contributed by atoms with Crippen molar-refractivity contribution < 1.29 is 0 Å². The van der Waals surface area contributed by atoms with E-state index in [2.05, 4.69) is 170 Å². The van der Waals surface area contributed by atoms with Crippen molar-refractivity contribution in [2.45, 2.75) is 6.92 Å². The molecule has 0 amide bonds. The maximum Gasteiger partial charge on any atom is 0.159 e. The first-order chi connectivity index (χ1) is 25.1. The zero-order valence-electron chi connectivity index (χ0n) is 28.1. The molecule has 9 rings (SSSR count). The van der Waals surface area contributed by atoms with Crippen molar-refractivity contribution in [3.8, 4) is 39.5 Å². The fourth-order valence-corrected chi connectivity index (χ4v) is 8.33. The maximum atomic E-state index is 5.03. The Hall–Kier alpha value is -6.36. The molecule has 3 heterocycles. The second kappa shape index (κ2) is 12.8. The van der Waals surface area contributed by atoms with Crippen LogP contribution in [0.15, 0.2) is 171 Å². The average molecular weight is 672 g/mol. The molecule has 0 bridgehead atoms. The van der Waals surface area contributed by atoms with Crippen LogP contribution in [-0.2, 0) is 0 Å². The lowest BCUT2D eigenvalue weighted by molar-refractivity contribution is 1.09. The predicted octanol–water partition coefficient (Wildman–Crippen LogP) is 12.8. The van der Waals surface area contributed by atoms with Gasteiger partial charge in [-0.25, -0.2) is 9.97 Å². The Balaban J connectivity index is 1.08. The first-order valence-electron chi connectivity index (χ1n) is 17.1. The van der Waals surface area contributed by atoms with Gasteiger partial charge in [0.25, 0.3) is 0 Å². The number of benzene rings is 6. The molecule has 0 atom stereocenters. The van der Waals surface area contributed by atoms with Gasteiger partial charge < -0.3 is 4.57 Å². The molecule has 3 nitrogen and oxygen atoms in total. The summed E-state index contributed by atoms with van der Waals surface area (Å²) in [5.41, 5.74) is 12.0. The van der Waals surface area contributed by atoms with Crippen LogP contribution < -0.4 is 0 Å². The summed E-state index contributed by atoms with van der Waals surface area (Å²) in [6.45, 7) is 6.75. The summed E-state index contributed by atoms with van der Waals surface area (Å²) < 4.78 is 4.90. The van der Waals surface area contributed by atoms with Crippen LogP contribution in [0.1, 0.15) is 16.8 Å². The first-order valence-corrected chi connectivity index (χ1v) is 17.9. The van der Waals surface area contributed by atoms with Crippen LogP contribution >= 0.6 is 11.3 Å². The molecule has 0 radical (unpaired) electrons. The second-order valence-electron chi connectivity index (χ2n) is 12.8. The Morgan fingerprint density at radius 2 is 1.33 bits per heavy atom. The van der Waals surface area contributed by atoms with Gasteiger partial charge >= 0.3 is 0 Å². The molecule has 6 aromatic carbocycles. The number of hydrogen-bond acceptors (Lipinski definition) is 3. The van der Waals surface area contributed by atoms with E-state index >= 15 is 0 Å². The zero-order valence-corrected chi connectivity index (χ0v) is 28.9. The van der Waals surface area contributed by atoms with Gasteiger partial charge in [0, 0.05) is 54.3 Å². The monoisotopic (exact) mass is 671 g/mol. The van der Waals surface area contributed by atoms with Gasteiger partial charge in [0.2, 0.25) is 0 Å². The summed E-state index contributed by atoms with van der Waals surface area (Å²) in [5, 5.41) is 3.79. The molecule has 0 aliphatic rings. The van der Waals surface area contributed by atoms with Crippen LogP contribution in [0.25, 0.3) is 82.2 Å². The molecule has 0 spiro atoms. The zero-order chi connectivity index (χ0) is 34.3. The van der Waals surface area contributed by atoms with Gasteiger partial charge in [-0.05, 0) is 71.2 Å². The van der Waals surface area contributed by atoms with Gasteiger partial charge in [0.1, 0.15) is 0 Å². The molecule has 0 aliphatic carbocycles. The smallest absolute Gasteiger partial charge is 0.159 e. The maximum absolute atomic E-state index is 5.03. The number of aryl methyl sites for hydroxylation is 1. The number of aromatic nitrogens is 3. The van der Waals surface area contributed by atoms with Crippen LogP contribution in [0.4, 0.5) is 0 Å². The van der Waals surface area contributed by atoms with E-state index < -0.39 is 0 Å². The number of nitrogens with zero attached hydrogens (tertiary/aromatic N) is 3. The highest BCUT2D eigenvalue weighted by Crippen LogP contribution is 2.39. The highest BCUT2D eigenvalue weighted by Gasteiger charge is 2.16. The van der Waals surface area contributed by atoms with Gasteiger partial charge in [-0.2, -0.15) is 0 Å². The van der Waals surface area contributed by atoms with Crippen LogP contribution in [0.2, 0.25) is 0 Å². The van der Waals surface area contributed by atoms with E-state index in [9.17, 15) is 0 Å². The Morgan fingerprint density at radius 1 is 0.647 bits per heavy atom. The number of hydrogen-bond donors (Lipinski definition) is 0. The molecule has 0 saturated carbocycles. The van der Waals surface area contributed by atoms with E-state index in [1.165, 1.54) is 47.8 Å². The molecule has 3 aromatic heterocycles. The number of allylic oxidation sites excluding steroid dienone is 2. The third-order valence-electron chi connectivity index (χ3n) is 9.67. The van der Waals surface area contributed by atoms with E-state index in [-0.39, 0.29) is 0 Å². The van der Waals surface area contributed by atoms with Crippen molar-refractivity contribution in [1.29, 1.82) is 0 Å². The molecule has 9 aromatic rings. The second-order valence-corrected chi connectivity index (χ2v) is 13.8. The topological polar surface area (TPSA) is 30.7 Å². The van der Waals surface area contributed by atoms with Gasteiger partial charge in [0.05, 0.1) is 11.2 Å². The van der Waals surface area contributed by atoms with Crippen molar-refractivity contribution in [2.24, 2.45) is 0 Å². The molecular weight excluding hydrogens is 639 g/mol. The summed E-state index contributed by atoms with van der Waals surface area (Å²) in [4.78, 5) is 9.74. The number of thiophene rings is 1. The van der Waals surface area contributed by atoms with Crippen molar-refractivity contribution in [2.75, 3.05) is 0 Å². The molecule has 0 saturated heterocycles. The van der Waals surface area contributed by atoms with E-state index in [0.29, 0.717) is 5.82 Å². The van der Waals surface area contributed by atoms with Gasteiger partial charge in [-0.3, -0.25) is 0 Å². The van der Waals surface area contributed by atoms with Gasteiger partial charge in [-0.1, -0.05) is 134 Å². The minimum absolute atomic E-state index is 0.691.